The number of aromatic nitrogens is 4. The summed E-state index contributed by atoms with van der Waals surface area (Å²) in [5, 5.41) is 10.9. The van der Waals surface area contributed by atoms with Gasteiger partial charge in [-0.05, 0) is 55.4 Å². The molecule has 0 spiro atoms. The highest BCUT2D eigenvalue weighted by atomic mass is 19.4. The van der Waals surface area contributed by atoms with Crippen LogP contribution in [0.3, 0.4) is 0 Å². The fourth-order valence-corrected chi connectivity index (χ4v) is 5.73. The quantitative estimate of drug-likeness (QED) is 0.532. The van der Waals surface area contributed by atoms with Crippen molar-refractivity contribution in [2.75, 3.05) is 31.1 Å². The number of pyridine rings is 1. The molecule has 0 radical (unpaired) electrons. The first-order valence-electron chi connectivity index (χ1n) is 13.4. The van der Waals surface area contributed by atoms with E-state index in [4.69, 9.17) is 0 Å². The molecule has 1 aliphatic carbocycles. The van der Waals surface area contributed by atoms with Gasteiger partial charge in [-0.3, -0.25) is 14.6 Å². The molecule has 206 valence electrons. The first-order valence-corrected chi connectivity index (χ1v) is 13.4. The zero-order valence-corrected chi connectivity index (χ0v) is 21.6. The molecule has 2 fully saturated rings. The van der Waals surface area contributed by atoms with Gasteiger partial charge in [-0.25, -0.2) is 0 Å². The summed E-state index contributed by atoms with van der Waals surface area (Å²) < 4.78 is 40.6. The Labute approximate surface area is 223 Å². The van der Waals surface area contributed by atoms with Crippen molar-refractivity contribution in [1.29, 1.82) is 0 Å². The van der Waals surface area contributed by atoms with Gasteiger partial charge < -0.3 is 19.7 Å². The van der Waals surface area contributed by atoms with Gasteiger partial charge in [0.2, 0.25) is 11.7 Å². The lowest BCUT2D eigenvalue weighted by molar-refractivity contribution is -0.148. The molecule has 2 amide bonds. The van der Waals surface area contributed by atoms with Crippen LogP contribution in [0.1, 0.15) is 48.2 Å². The zero-order valence-electron chi connectivity index (χ0n) is 21.6. The van der Waals surface area contributed by atoms with Gasteiger partial charge in [0, 0.05) is 61.5 Å². The number of halogens is 3. The van der Waals surface area contributed by atoms with Gasteiger partial charge in [0.15, 0.2) is 5.82 Å². The second kappa shape index (κ2) is 9.80. The van der Waals surface area contributed by atoms with Crippen molar-refractivity contribution >= 4 is 28.4 Å². The molecule has 0 bridgehead atoms. The van der Waals surface area contributed by atoms with Crippen LogP contribution in [0.5, 0.6) is 0 Å². The molecule has 39 heavy (non-hydrogen) atoms. The summed E-state index contributed by atoms with van der Waals surface area (Å²) in [7, 11) is 0. The van der Waals surface area contributed by atoms with Crippen LogP contribution in [-0.4, -0.2) is 62.6 Å². The molecule has 3 aliphatic rings. The maximum absolute atomic E-state index is 13.4. The van der Waals surface area contributed by atoms with Gasteiger partial charge in [0.05, 0.1) is 12.1 Å². The van der Waals surface area contributed by atoms with Gasteiger partial charge in [-0.2, -0.15) is 13.2 Å². The van der Waals surface area contributed by atoms with Crippen LogP contribution < -0.4 is 10.2 Å². The number of carbonyl (C=O) groups excluding carboxylic acids is 2. The monoisotopic (exact) mass is 541 g/mol. The molecular weight excluding hydrogens is 511 g/mol. The molecule has 9 nitrogen and oxygen atoms in total. The Bertz CT molecular complexity index is 1420. The lowest BCUT2D eigenvalue weighted by Crippen LogP contribution is -2.49. The van der Waals surface area contributed by atoms with E-state index < -0.39 is 12.0 Å². The molecule has 1 saturated heterocycles. The van der Waals surface area contributed by atoms with Crippen molar-refractivity contribution in [2.24, 2.45) is 17.8 Å². The molecule has 1 aromatic carbocycles. The number of piperidine rings is 1. The van der Waals surface area contributed by atoms with Gasteiger partial charge in [0.25, 0.3) is 5.91 Å². The number of nitrogens with one attached hydrogen (secondary N) is 1. The van der Waals surface area contributed by atoms with E-state index in [1.165, 1.54) is 12.8 Å². The van der Waals surface area contributed by atoms with Crippen LogP contribution in [0.15, 0.2) is 30.5 Å². The van der Waals surface area contributed by atoms with E-state index in [1.807, 2.05) is 31.2 Å². The molecular formula is C27H30F3N7O2. The Balaban J connectivity index is 1.12. The van der Waals surface area contributed by atoms with E-state index in [1.54, 1.807) is 11.1 Å². The third-order valence-electron chi connectivity index (χ3n) is 8.11. The molecule has 2 aromatic heterocycles. The molecule has 0 unspecified atom stereocenters. The fraction of sp³-hybridized carbons (Fsp3) is 0.519. The number of carbonyl (C=O) groups is 2. The number of hydrogen-bond acceptors (Lipinski definition) is 6. The van der Waals surface area contributed by atoms with Crippen molar-refractivity contribution in [1.82, 2.24) is 30.0 Å². The SMILES string of the molecule is C[C@@H]1CN(c2ccnc3cc(C(=O)NCC4CC4)ccc23)CC[C@@H]1C(=O)N1CCn2c(nnc2C(F)(F)F)C1. The number of hydrogen-bond donors (Lipinski definition) is 1. The van der Waals surface area contributed by atoms with Crippen LogP contribution in [0.2, 0.25) is 0 Å². The average Bonchev–Trinajstić information content (AvgIpc) is 3.65. The summed E-state index contributed by atoms with van der Waals surface area (Å²) in [6, 6.07) is 7.54. The van der Waals surface area contributed by atoms with Gasteiger partial charge in [-0.1, -0.05) is 6.92 Å². The lowest BCUT2D eigenvalue weighted by Gasteiger charge is -2.40. The number of benzene rings is 1. The predicted molar refractivity (Wildman–Crippen MR) is 137 cm³/mol. The summed E-state index contributed by atoms with van der Waals surface area (Å²) in [5.41, 5.74) is 2.34. The minimum atomic E-state index is -4.57. The third kappa shape index (κ3) is 5.04. The minimum absolute atomic E-state index is 0.0275. The second-order valence-electron chi connectivity index (χ2n) is 10.9. The Morgan fingerprint density at radius 2 is 1.90 bits per heavy atom. The first kappa shape index (κ1) is 25.6. The smallest absolute Gasteiger partial charge is 0.371 e. The molecule has 1 N–H and O–H groups in total. The Morgan fingerprint density at radius 3 is 2.64 bits per heavy atom. The number of rotatable bonds is 5. The second-order valence-corrected chi connectivity index (χ2v) is 10.9. The van der Waals surface area contributed by atoms with Crippen molar-refractivity contribution < 1.29 is 22.8 Å². The van der Waals surface area contributed by atoms with E-state index >= 15 is 0 Å². The minimum Gasteiger partial charge on any atom is -0.371 e. The van der Waals surface area contributed by atoms with Crippen molar-refractivity contribution in [3.05, 3.63) is 47.7 Å². The number of fused-ring (bicyclic) bond motifs is 2. The van der Waals surface area contributed by atoms with E-state index in [2.05, 4.69) is 25.4 Å². The normalized spacial score (nSPS) is 21.6. The van der Waals surface area contributed by atoms with Crippen molar-refractivity contribution in [2.45, 2.75) is 45.5 Å². The topological polar surface area (TPSA) is 96.2 Å². The van der Waals surface area contributed by atoms with E-state index in [-0.39, 0.29) is 49.1 Å². The number of alkyl halides is 3. The average molecular weight is 542 g/mol. The number of nitrogens with zero attached hydrogens (tertiary/aromatic N) is 6. The molecule has 2 atom stereocenters. The van der Waals surface area contributed by atoms with Gasteiger partial charge >= 0.3 is 6.18 Å². The maximum atomic E-state index is 13.4. The Kier molecular flexibility index (Phi) is 6.43. The molecule has 1 saturated carbocycles. The summed E-state index contributed by atoms with van der Waals surface area (Å²) in [6.45, 7) is 4.31. The fourth-order valence-electron chi connectivity index (χ4n) is 5.73. The zero-order chi connectivity index (χ0) is 27.3. The largest absolute Gasteiger partial charge is 0.451 e. The molecule has 3 aromatic rings. The molecule has 12 heteroatoms. The molecule has 4 heterocycles. The molecule has 6 rings (SSSR count). The first-order chi connectivity index (χ1) is 18.7. The standard InChI is InChI=1S/C27H30F3N7O2/c1-16-14-35(22-6-8-31-21-12-18(4-5-20(21)22)24(38)32-13-17-2-3-17)9-7-19(16)25(39)36-10-11-37-23(15-36)33-34-26(37)27(28,29)30/h4-6,8,12,16-17,19H,2-3,7,9-11,13-15H2,1H3,(H,32,38)/t16-,19+/m1/s1. The summed E-state index contributed by atoms with van der Waals surface area (Å²) in [4.78, 5) is 34.3. The number of amides is 2. The highest BCUT2D eigenvalue weighted by Gasteiger charge is 2.41. The lowest BCUT2D eigenvalue weighted by atomic mass is 9.85. The van der Waals surface area contributed by atoms with Crippen LogP contribution in [-0.2, 0) is 24.1 Å². The highest BCUT2D eigenvalue weighted by molar-refractivity contribution is 6.00. The van der Waals surface area contributed by atoms with Crippen molar-refractivity contribution in [3.8, 4) is 0 Å². The Hall–Kier alpha value is -3.70. The third-order valence-corrected chi connectivity index (χ3v) is 8.11. The van der Waals surface area contributed by atoms with Crippen LogP contribution in [0.4, 0.5) is 18.9 Å². The number of anilines is 1. The Morgan fingerprint density at radius 1 is 1.08 bits per heavy atom. The molecule has 2 aliphatic heterocycles. The summed E-state index contributed by atoms with van der Waals surface area (Å²) in [6.07, 6.45) is 0.146. The van der Waals surface area contributed by atoms with Gasteiger partial charge in [-0.15, -0.1) is 10.2 Å². The van der Waals surface area contributed by atoms with E-state index in [9.17, 15) is 22.8 Å². The van der Waals surface area contributed by atoms with E-state index in [0.29, 0.717) is 37.5 Å². The van der Waals surface area contributed by atoms with Crippen LogP contribution >= 0.6 is 0 Å². The van der Waals surface area contributed by atoms with Crippen LogP contribution in [0.25, 0.3) is 10.9 Å². The van der Waals surface area contributed by atoms with Crippen molar-refractivity contribution in [3.63, 3.8) is 0 Å². The highest BCUT2D eigenvalue weighted by Crippen LogP contribution is 2.34. The van der Waals surface area contributed by atoms with Gasteiger partial charge in [0.1, 0.15) is 0 Å². The predicted octanol–water partition coefficient (Wildman–Crippen LogP) is 3.49. The van der Waals surface area contributed by atoms with Crippen LogP contribution in [0, 0.1) is 17.8 Å². The van der Waals surface area contributed by atoms with E-state index in [0.717, 1.165) is 21.2 Å². The maximum Gasteiger partial charge on any atom is 0.451 e. The summed E-state index contributed by atoms with van der Waals surface area (Å²) in [5.74, 6) is -0.577. The summed E-state index contributed by atoms with van der Waals surface area (Å²) >= 11 is 0.